The smallest absolute Gasteiger partial charge is 0.330 e. The second-order valence-corrected chi connectivity index (χ2v) is 10.1. The zero-order chi connectivity index (χ0) is 26.3. The van der Waals surface area contributed by atoms with Gasteiger partial charge in [-0.05, 0) is 46.4 Å². The number of primary amides is 1. The summed E-state index contributed by atoms with van der Waals surface area (Å²) in [5.41, 5.74) is 6.76. The maximum atomic E-state index is 14.1. The van der Waals surface area contributed by atoms with Crippen LogP contribution >= 0.6 is 0 Å². The molecule has 0 radical (unpaired) electrons. The quantitative estimate of drug-likeness (QED) is 0.538. The van der Waals surface area contributed by atoms with Crippen molar-refractivity contribution in [3.05, 3.63) is 94.5 Å². The van der Waals surface area contributed by atoms with Gasteiger partial charge in [-0.1, -0.05) is 63.2 Å². The van der Waals surface area contributed by atoms with Gasteiger partial charge in [0.1, 0.15) is 5.75 Å². The minimum absolute atomic E-state index is 0.0470. The molecule has 1 aliphatic rings. The number of rotatable bonds is 6. The van der Waals surface area contributed by atoms with E-state index in [2.05, 4.69) is 0 Å². The van der Waals surface area contributed by atoms with Crippen molar-refractivity contribution in [3.63, 3.8) is 0 Å². The van der Waals surface area contributed by atoms with Crippen molar-refractivity contribution < 1.29 is 24.2 Å². The Labute approximate surface area is 210 Å². The number of carbonyl (C=O) groups excluding carboxylic acids is 2. The minimum Gasteiger partial charge on any atom is -0.496 e. The molecule has 1 heterocycles. The molecule has 3 aromatic carbocycles. The Bertz CT molecular complexity index is 1340. The number of ether oxygens (including phenoxy) is 1. The van der Waals surface area contributed by atoms with E-state index in [4.69, 9.17) is 10.5 Å². The number of hydrogen-bond donors (Lipinski definition) is 2. The van der Waals surface area contributed by atoms with Crippen LogP contribution < -0.4 is 15.4 Å². The summed E-state index contributed by atoms with van der Waals surface area (Å²) in [6, 6.07) is 19.2. The first kappa shape index (κ1) is 25.0. The Hall–Kier alpha value is -4.13. The Morgan fingerprint density at radius 1 is 1.03 bits per heavy atom. The third-order valence-corrected chi connectivity index (χ3v) is 6.75. The lowest BCUT2D eigenvalue weighted by Gasteiger charge is -2.35. The molecule has 0 spiro atoms. The maximum Gasteiger partial charge on any atom is 0.330 e. The predicted molar refractivity (Wildman–Crippen MR) is 138 cm³/mol. The average Bonchev–Trinajstić information content (AvgIpc) is 3.18. The first-order valence-electron chi connectivity index (χ1n) is 11.7. The van der Waals surface area contributed by atoms with Gasteiger partial charge in [-0.15, -0.1) is 0 Å². The summed E-state index contributed by atoms with van der Waals surface area (Å²) in [5.74, 6) is -1.78. The highest BCUT2D eigenvalue weighted by atomic mass is 16.5. The lowest BCUT2D eigenvalue weighted by Crippen LogP contribution is -2.57. The maximum absolute atomic E-state index is 14.1. The summed E-state index contributed by atoms with van der Waals surface area (Å²) in [6.07, 6.45) is 0.00757. The van der Waals surface area contributed by atoms with Gasteiger partial charge in [0.2, 0.25) is 5.91 Å². The van der Waals surface area contributed by atoms with Crippen molar-refractivity contribution >= 4 is 23.5 Å². The molecule has 0 aromatic heterocycles. The Balaban J connectivity index is 1.92. The number of nitrogens with two attached hydrogens (primary N) is 1. The number of carboxylic acid groups (broad SMARTS) is 1. The van der Waals surface area contributed by atoms with Crippen molar-refractivity contribution in [2.45, 2.75) is 44.6 Å². The SMILES string of the molecule is COc1cc(C(=O)N2c3cccc(C(N)=O)c3CC2(Cc2ccccc2)C(=O)O)ccc1C(C)(C)C. The fourth-order valence-corrected chi connectivity index (χ4v) is 5.00. The van der Waals surface area contributed by atoms with Crippen LogP contribution in [0.3, 0.4) is 0 Å². The Morgan fingerprint density at radius 2 is 1.72 bits per heavy atom. The van der Waals surface area contributed by atoms with Crippen LogP contribution in [-0.4, -0.2) is 35.5 Å². The highest BCUT2D eigenvalue weighted by Crippen LogP contribution is 2.44. The average molecular weight is 487 g/mol. The van der Waals surface area contributed by atoms with Gasteiger partial charge in [0.05, 0.1) is 7.11 Å². The van der Waals surface area contributed by atoms with E-state index in [-0.39, 0.29) is 29.4 Å². The molecular formula is C29H30N2O5. The summed E-state index contributed by atoms with van der Waals surface area (Å²) in [6.45, 7) is 6.14. The highest BCUT2D eigenvalue weighted by Gasteiger charge is 2.54. The van der Waals surface area contributed by atoms with E-state index in [9.17, 15) is 19.5 Å². The van der Waals surface area contributed by atoms with Crippen LogP contribution in [0, 0.1) is 0 Å². The van der Waals surface area contributed by atoms with Crippen LogP contribution in [-0.2, 0) is 23.1 Å². The van der Waals surface area contributed by atoms with E-state index in [0.29, 0.717) is 17.0 Å². The van der Waals surface area contributed by atoms with Crippen molar-refractivity contribution in [1.29, 1.82) is 0 Å². The Kier molecular flexibility index (Phi) is 6.35. The van der Waals surface area contributed by atoms with E-state index in [1.807, 2.05) is 57.2 Å². The second kappa shape index (κ2) is 9.15. The lowest BCUT2D eigenvalue weighted by atomic mass is 9.84. The number of amides is 2. The molecule has 1 atom stereocenters. The molecule has 1 unspecified atom stereocenters. The third kappa shape index (κ3) is 4.21. The topological polar surface area (TPSA) is 110 Å². The molecule has 7 heteroatoms. The third-order valence-electron chi connectivity index (χ3n) is 6.75. The molecule has 0 fully saturated rings. The summed E-state index contributed by atoms with van der Waals surface area (Å²) in [7, 11) is 1.54. The van der Waals surface area contributed by atoms with Crippen LogP contribution in [0.1, 0.15) is 58.2 Å². The van der Waals surface area contributed by atoms with E-state index < -0.39 is 23.3 Å². The van der Waals surface area contributed by atoms with Gasteiger partial charge in [0.25, 0.3) is 5.91 Å². The van der Waals surface area contributed by atoms with Gasteiger partial charge in [-0.3, -0.25) is 14.5 Å². The number of carboxylic acids is 1. The molecule has 36 heavy (non-hydrogen) atoms. The van der Waals surface area contributed by atoms with Crippen LogP contribution in [0.25, 0.3) is 0 Å². The Morgan fingerprint density at radius 3 is 2.31 bits per heavy atom. The van der Waals surface area contributed by atoms with Gasteiger partial charge in [0.15, 0.2) is 5.54 Å². The number of aliphatic carboxylic acids is 1. The lowest BCUT2D eigenvalue weighted by molar-refractivity contribution is -0.143. The number of carbonyl (C=O) groups is 3. The number of benzene rings is 3. The molecule has 1 aliphatic heterocycles. The monoisotopic (exact) mass is 486 g/mol. The van der Waals surface area contributed by atoms with Crippen molar-refractivity contribution in [2.75, 3.05) is 12.0 Å². The molecule has 3 aromatic rings. The number of methoxy groups -OCH3 is 1. The molecule has 0 saturated carbocycles. The second-order valence-electron chi connectivity index (χ2n) is 10.1. The molecule has 3 N–H and O–H groups in total. The number of nitrogens with zero attached hydrogens (tertiary/aromatic N) is 1. The summed E-state index contributed by atoms with van der Waals surface area (Å²) in [4.78, 5) is 40.7. The van der Waals surface area contributed by atoms with Gasteiger partial charge in [-0.25, -0.2) is 4.79 Å². The van der Waals surface area contributed by atoms with E-state index in [0.717, 1.165) is 11.1 Å². The van der Waals surface area contributed by atoms with Gasteiger partial charge >= 0.3 is 5.97 Å². The van der Waals surface area contributed by atoms with Gasteiger partial charge in [-0.2, -0.15) is 0 Å². The predicted octanol–water partition coefficient (Wildman–Crippen LogP) is 4.36. The molecule has 7 nitrogen and oxygen atoms in total. The fraction of sp³-hybridized carbons (Fsp3) is 0.276. The zero-order valence-corrected chi connectivity index (χ0v) is 20.9. The van der Waals surface area contributed by atoms with E-state index in [1.165, 1.54) is 4.90 Å². The number of hydrogen-bond acceptors (Lipinski definition) is 4. The van der Waals surface area contributed by atoms with E-state index >= 15 is 0 Å². The largest absolute Gasteiger partial charge is 0.496 e. The van der Waals surface area contributed by atoms with Gasteiger partial charge in [0, 0.05) is 29.7 Å². The van der Waals surface area contributed by atoms with E-state index in [1.54, 1.807) is 37.4 Å². The molecule has 186 valence electrons. The first-order chi connectivity index (χ1) is 17.0. The summed E-state index contributed by atoms with van der Waals surface area (Å²) in [5, 5.41) is 10.6. The first-order valence-corrected chi connectivity index (χ1v) is 11.7. The minimum atomic E-state index is -1.65. The molecule has 2 amide bonds. The van der Waals surface area contributed by atoms with Crippen LogP contribution in [0.2, 0.25) is 0 Å². The van der Waals surface area contributed by atoms with Gasteiger partial charge < -0.3 is 15.6 Å². The number of anilines is 1. The van der Waals surface area contributed by atoms with Crippen molar-refractivity contribution in [3.8, 4) is 5.75 Å². The van der Waals surface area contributed by atoms with Crippen LogP contribution in [0.5, 0.6) is 5.75 Å². The van der Waals surface area contributed by atoms with Crippen molar-refractivity contribution in [2.24, 2.45) is 5.73 Å². The molecule has 0 bridgehead atoms. The van der Waals surface area contributed by atoms with Crippen molar-refractivity contribution in [1.82, 2.24) is 0 Å². The zero-order valence-electron chi connectivity index (χ0n) is 20.9. The summed E-state index contributed by atoms with van der Waals surface area (Å²) < 4.78 is 5.59. The van der Waals surface area contributed by atoms with Crippen LogP contribution in [0.4, 0.5) is 5.69 Å². The molecule has 0 aliphatic carbocycles. The summed E-state index contributed by atoms with van der Waals surface area (Å²) >= 11 is 0. The van der Waals surface area contributed by atoms with Crippen LogP contribution in [0.15, 0.2) is 66.7 Å². The molecular weight excluding hydrogens is 456 g/mol. The normalized spacial score (nSPS) is 16.9. The highest BCUT2D eigenvalue weighted by molar-refractivity contribution is 6.14. The molecule has 4 rings (SSSR count). The fourth-order valence-electron chi connectivity index (χ4n) is 5.00. The number of fused-ring (bicyclic) bond motifs is 1. The standard InChI is InChI=1S/C29H30N2O5/c1-28(2,3)22-14-13-19(15-24(22)36-4)26(33)31-23-12-8-11-20(25(30)32)21(23)17-29(31,27(34)35)16-18-9-6-5-7-10-18/h5-15H,16-17H2,1-4H3,(H2,30,32)(H,34,35). The molecule has 0 saturated heterocycles.